The molecule has 8 nitrogen and oxygen atoms in total. The predicted molar refractivity (Wildman–Crippen MR) is 112 cm³/mol. The zero-order valence-electron chi connectivity index (χ0n) is 14.9. The number of primary amides is 1. The number of amides is 1. The average molecular weight is 488 g/mol. The Morgan fingerprint density at radius 2 is 2.00 bits per heavy atom. The number of aromatic nitrogens is 3. The number of H-pyrrole nitrogens is 1. The number of ether oxygens (including phenoxy) is 1. The van der Waals surface area contributed by atoms with E-state index in [1.807, 2.05) is 41.4 Å². The molecule has 0 unspecified atom stereocenters. The van der Waals surface area contributed by atoms with Crippen molar-refractivity contribution < 1.29 is 9.53 Å². The van der Waals surface area contributed by atoms with E-state index in [9.17, 15) is 10.1 Å². The van der Waals surface area contributed by atoms with Gasteiger partial charge in [0, 0.05) is 35.7 Å². The molecule has 3 N–H and O–H groups in total. The van der Waals surface area contributed by atoms with Gasteiger partial charge in [-0.05, 0) is 28.2 Å². The highest BCUT2D eigenvalue weighted by molar-refractivity contribution is 14.1. The van der Waals surface area contributed by atoms with E-state index in [1.54, 1.807) is 0 Å². The van der Waals surface area contributed by atoms with Crippen molar-refractivity contribution in [3.8, 4) is 6.07 Å². The Kier molecular flexibility index (Phi) is 4.80. The molecule has 3 aromatic rings. The van der Waals surface area contributed by atoms with Gasteiger partial charge in [-0.25, -0.2) is 9.78 Å². The number of piperidine rings is 1. The lowest BCUT2D eigenvalue weighted by atomic mass is 9.84. The van der Waals surface area contributed by atoms with Gasteiger partial charge in [0.25, 0.3) is 0 Å². The van der Waals surface area contributed by atoms with E-state index < -0.39 is 11.7 Å². The maximum Gasteiger partial charge on any atom is 0.405 e. The van der Waals surface area contributed by atoms with Gasteiger partial charge in [0.05, 0.1) is 5.39 Å². The summed E-state index contributed by atoms with van der Waals surface area (Å²) in [6.45, 7) is 1.13. The van der Waals surface area contributed by atoms with Crippen LogP contribution in [0, 0.1) is 14.9 Å². The summed E-state index contributed by atoms with van der Waals surface area (Å²) >= 11 is 2.15. The molecular formula is C19H17IN6O2. The zero-order valence-corrected chi connectivity index (χ0v) is 17.0. The Labute approximate surface area is 174 Å². The topological polar surface area (TPSA) is 121 Å². The van der Waals surface area contributed by atoms with E-state index in [0.29, 0.717) is 43.2 Å². The molecule has 1 amide bonds. The van der Waals surface area contributed by atoms with Crippen LogP contribution in [0.4, 0.5) is 10.7 Å². The first kappa shape index (κ1) is 18.5. The third-order valence-electron chi connectivity index (χ3n) is 5.03. The molecule has 0 aliphatic carbocycles. The van der Waals surface area contributed by atoms with E-state index >= 15 is 0 Å². The average Bonchev–Trinajstić information content (AvgIpc) is 3.09. The maximum atomic E-state index is 11.6. The molecule has 0 spiro atoms. The van der Waals surface area contributed by atoms with Crippen LogP contribution in [0.25, 0.3) is 11.0 Å². The standard InChI is InChI=1S/C19H17IN6O2/c20-13-11-23-16-15(13)14(10-21)24-18(25-16)26-8-6-19(7-9-26,28-17(22)27)12-4-2-1-3-5-12/h1-5,11H,6-9H2,(H2,22,27)(H,23,24,25). The summed E-state index contributed by atoms with van der Waals surface area (Å²) < 4.78 is 6.49. The molecule has 142 valence electrons. The van der Waals surface area contributed by atoms with E-state index in [4.69, 9.17) is 10.5 Å². The smallest absolute Gasteiger partial charge is 0.405 e. The van der Waals surface area contributed by atoms with Crippen LogP contribution in [-0.2, 0) is 10.3 Å². The first-order valence-electron chi connectivity index (χ1n) is 8.76. The number of nitrogens with zero attached hydrogens (tertiary/aromatic N) is 4. The molecule has 0 bridgehead atoms. The molecule has 1 saturated heterocycles. The number of carbonyl (C=O) groups excluding carboxylic acids is 1. The second-order valence-electron chi connectivity index (χ2n) is 6.61. The molecule has 0 saturated carbocycles. The fourth-order valence-electron chi connectivity index (χ4n) is 3.66. The molecule has 0 radical (unpaired) electrons. The summed E-state index contributed by atoms with van der Waals surface area (Å²) in [7, 11) is 0. The van der Waals surface area contributed by atoms with Crippen molar-refractivity contribution in [3.05, 3.63) is 51.4 Å². The van der Waals surface area contributed by atoms with Gasteiger partial charge in [0.2, 0.25) is 5.95 Å². The van der Waals surface area contributed by atoms with Gasteiger partial charge in [-0.15, -0.1) is 0 Å². The fourth-order valence-corrected chi connectivity index (χ4v) is 4.32. The molecule has 1 fully saturated rings. The third kappa shape index (κ3) is 3.24. The molecule has 0 atom stereocenters. The Bertz CT molecular complexity index is 1070. The number of carbonyl (C=O) groups is 1. The summed E-state index contributed by atoms with van der Waals surface area (Å²) in [6.07, 6.45) is 2.11. The van der Waals surface area contributed by atoms with Gasteiger partial charge < -0.3 is 20.4 Å². The lowest BCUT2D eigenvalue weighted by Gasteiger charge is -2.41. The van der Waals surface area contributed by atoms with Gasteiger partial charge in [-0.3, -0.25) is 0 Å². The first-order valence-corrected chi connectivity index (χ1v) is 9.84. The van der Waals surface area contributed by atoms with Gasteiger partial charge in [0.15, 0.2) is 5.69 Å². The van der Waals surface area contributed by atoms with Crippen molar-refractivity contribution in [3.63, 3.8) is 0 Å². The summed E-state index contributed by atoms with van der Waals surface area (Å²) in [5, 5.41) is 10.2. The number of halogens is 1. The predicted octanol–water partition coefficient (Wildman–Crippen LogP) is 3.03. The lowest BCUT2D eigenvalue weighted by Crippen LogP contribution is -2.46. The van der Waals surface area contributed by atoms with Gasteiger partial charge in [-0.1, -0.05) is 30.3 Å². The minimum Gasteiger partial charge on any atom is -0.438 e. The van der Waals surface area contributed by atoms with Crippen LogP contribution in [0.2, 0.25) is 0 Å². The highest BCUT2D eigenvalue weighted by Gasteiger charge is 2.40. The number of hydrogen-bond donors (Lipinski definition) is 2. The van der Waals surface area contributed by atoms with Crippen LogP contribution in [0.15, 0.2) is 36.5 Å². The van der Waals surface area contributed by atoms with Crippen molar-refractivity contribution in [2.24, 2.45) is 5.73 Å². The van der Waals surface area contributed by atoms with Crippen LogP contribution in [0.1, 0.15) is 24.1 Å². The number of aromatic amines is 1. The zero-order chi connectivity index (χ0) is 19.7. The quantitative estimate of drug-likeness (QED) is 0.547. The first-order chi connectivity index (χ1) is 13.5. The molecule has 1 aromatic carbocycles. The maximum absolute atomic E-state index is 11.6. The van der Waals surface area contributed by atoms with Gasteiger partial charge in [-0.2, -0.15) is 10.2 Å². The summed E-state index contributed by atoms with van der Waals surface area (Å²) in [5.41, 5.74) is 6.49. The SMILES string of the molecule is N#Cc1nc(N2CCC(OC(N)=O)(c3ccccc3)CC2)nc2[nH]cc(I)c12. The number of anilines is 1. The monoisotopic (exact) mass is 488 g/mol. The normalized spacial score (nSPS) is 15.9. The molecule has 3 heterocycles. The molecular weight excluding hydrogens is 471 g/mol. The number of nitrogens with one attached hydrogen (secondary N) is 1. The molecule has 1 aliphatic heterocycles. The lowest BCUT2D eigenvalue weighted by molar-refractivity contribution is -0.00679. The number of nitriles is 1. The van der Waals surface area contributed by atoms with Crippen LogP contribution in [-0.4, -0.2) is 34.1 Å². The summed E-state index contributed by atoms with van der Waals surface area (Å²) in [4.78, 5) is 25.7. The number of rotatable bonds is 3. The van der Waals surface area contributed by atoms with Gasteiger partial charge >= 0.3 is 6.09 Å². The van der Waals surface area contributed by atoms with Crippen molar-refractivity contribution in [1.29, 1.82) is 5.26 Å². The Morgan fingerprint density at radius 3 is 2.64 bits per heavy atom. The Hall–Kier alpha value is -2.87. The number of hydrogen-bond acceptors (Lipinski definition) is 6. The largest absolute Gasteiger partial charge is 0.438 e. The number of benzene rings is 1. The molecule has 2 aromatic heterocycles. The second-order valence-corrected chi connectivity index (χ2v) is 7.77. The van der Waals surface area contributed by atoms with E-state index in [-0.39, 0.29) is 0 Å². The molecule has 1 aliphatic rings. The van der Waals surface area contributed by atoms with E-state index in [0.717, 1.165) is 14.5 Å². The molecule has 9 heteroatoms. The molecule has 28 heavy (non-hydrogen) atoms. The Balaban J connectivity index is 1.63. The third-order valence-corrected chi connectivity index (χ3v) is 5.88. The highest BCUT2D eigenvalue weighted by Crippen LogP contribution is 2.38. The van der Waals surface area contributed by atoms with Crippen LogP contribution >= 0.6 is 22.6 Å². The minimum absolute atomic E-state index is 0.346. The van der Waals surface area contributed by atoms with E-state index in [1.165, 1.54) is 0 Å². The van der Waals surface area contributed by atoms with Crippen LogP contribution in [0.3, 0.4) is 0 Å². The van der Waals surface area contributed by atoms with Gasteiger partial charge in [0.1, 0.15) is 17.3 Å². The fraction of sp³-hybridized carbons (Fsp3) is 0.263. The number of nitrogens with two attached hydrogens (primary N) is 1. The highest BCUT2D eigenvalue weighted by atomic mass is 127. The van der Waals surface area contributed by atoms with E-state index in [2.05, 4.69) is 43.6 Å². The Morgan fingerprint density at radius 1 is 1.29 bits per heavy atom. The minimum atomic E-state index is -0.789. The summed E-state index contributed by atoms with van der Waals surface area (Å²) in [5.74, 6) is 0.489. The van der Waals surface area contributed by atoms with Crippen LogP contribution < -0.4 is 10.6 Å². The second kappa shape index (κ2) is 7.27. The number of fused-ring (bicyclic) bond motifs is 1. The molecule has 4 rings (SSSR count). The van der Waals surface area contributed by atoms with Crippen molar-refractivity contribution in [1.82, 2.24) is 15.0 Å². The van der Waals surface area contributed by atoms with Crippen molar-refractivity contribution in [2.75, 3.05) is 18.0 Å². The summed E-state index contributed by atoms with van der Waals surface area (Å²) in [6, 6.07) is 11.8. The van der Waals surface area contributed by atoms with Crippen molar-refractivity contribution in [2.45, 2.75) is 18.4 Å². The van der Waals surface area contributed by atoms with Crippen LogP contribution in [0.5, 0.6) is 0 Å². The van der Waals surface area contributed by atoms with Crippen molar-refractivity contribution >= 4 is 45.7 Å².